The number of halogens is 2. The van der Waals surface area contributed by atoms with Crippen LogP contribution in [0.1, 0.15) is 0 Å². The maximum absolute atomic E-state index is 5.26. The summed E-state index contributed by atoms with van der Waals surface area (Å²) >= 11 is 10.5. The highest BCUT2D eigenvalue weighted by molar-refractivity contribution is 6.30. The molecule has 0 radical (unpaired) electrons. The average molecular weight is 165 g/mol. The van der Waals surface area contributed by atoms with Crippen LogP contribution in [0.25, 0.3) is 0 Å². The van der Waals surface area contributed by atoms with Gasteiger partial charge in [-0.25, -0.2) is 4.99 Å². The van der Waals surface area contributed by atoms with Crippen LogP contribution in [0.15, 0.2) is 28.0 Å². The molecule has 0 aliphatic carbocycles. The fraction of sp³-hybridized carbons (Fsp3) is 0. The van der Waals surface area contributed by atoms with Crippen molar-refractivity contribution in [2.24, 2.45) is 10.7 Å². The van der Waals surface area contributed by atoms with Gasteiger partial charge in [-0.3, -0.25) is 0 Å². The van der Waals surface area contributed by atoms with Gasteiger partial charge in [0.2, 0.25) is 0 Å². The number of nitrogens with two attached hydrogens (primary N) is 1. The fourth-order valence-electron chi connectivity index (χ4n) is 0.189. The summed E-state index contributed by atoms with van der Waals surface area (Å²) in [6, 6.07) is 0. The number of aliphatic imine (C=N–C) groups is 1. The molecule has 0 atom stereocenters. The summed E-state index contributed by atoms with van der Waals surface area (Å²) in [6.07, 6.45) is 2.78. The second kappa shape index (κ2) is 4.41. The first-order valence-electron chi connectivity index (χ1n) is 2.12. The Morgan fingerprint density at radius 1 is 1.56 bits per heavy atom. The van der Waals surface area contributed by atoms with Crippen LogP contribution in [0, 0.1) is 0 Å². The number of rotatable bonds is 2. The van der Waals surface area contributed by atoms with Crippen LogP contribution in [-0.4, -0.2) is 6.21 Å². The molecule has 0 saturated heterocycles. The molecular formula is C5H6Cl2N2. The normalized spacial score (nSPS) is 12.4. The summed E-state index contributed by atoms with van der Waals surface area (Å²) < 4.78 is 0. The van der Waals surface area contributed by atoms with Crippen molar-refractivity contribution in [3.63, 3.8) is 0 Å². The van der Waals surface area contributed by atoms with Crippen LogP contribution in [0.4, 0.5) is 0 Å². The molecule has 0 saturated carbocycles. The summed E-state index contributed by atoms with van der Waals surface area (Å²) in [5, 5.41) is 0.362. The first-order chi connectivity index (χ1) is 4.13. The molecule has 0 aliphatic heterocycles. The van der Waals surface area contributed by atoms with E-state index in [1.165, 1.54) is 12.3 Å². The van der Waals surface area contributed by atoms with E-state index in [1.54, 1.807) is 0 Å². The van der Waals surface area contributed by atoms with Crippen molar-refractivity contribution in [3.05, 3.63) is 23.0 Å². The molecule has 0 unspecified atom stereocenters. The third-order valence-corrected chi connectivity index (χ3v) is 0.672. The van der Waals surface area contributed by atoms with Gasteiger partial charge in [-0.2, -0.15) is 0 Å². The molecule has 0 amide bonds. The molecule has 0 spiro atoms. The highest BCUT2D eigenvalue weighted by atomic mass is 35.5. The Balaban J connectivity index is 3.74. The van der Waals surface area contributed by atoms with Crippen molar-refractivity contribution in [3.8, 4) is 0 Å². The first kappa shape index (κ1) is 8.53. The Hall–Kier alpha value is -0.470. The van der Waals surface area contributed by atoms with Gasteiger partial charge in [0, 0.05) is 6.21 Å². The molecule has 0 aromatic carbocycles. The van der Waals surface area contributed by atoms with Crippen LogP contribution in [0.2, 0.25) is 0 Å². The second-order valence-corrected chi connectivity index (χ2v) is 2.08. The molecule has 0 aliphatic rings. The van der Waals surface area contributed by atoms with Gasteiger partial charge < -0.3 is 5.73 Å². The predicted octanol–water partition coefficient (Wildman–Crippen LogP) is 1.81. The van der Waals surface area contributed by atoms with Crippen LogP contribution in [0.5, 0.6) is 0 Å². The average Bonchev–Trinajstić information content (AvgIpc) is 1.63. The lowest BCUT2D eigenvalue weighted by molar-refractivity contribution is 1.53. The molecule has 0 bridgehead atoms. The number of hydrogen-bond donors (Lipinski definition) is 1. The predicted molar refractivity (Wildman–Crippen MR) is 41.6 cm³/mol. The number of allylic oxidation sites excluding steroid dienone is 1. The van der Waals surface area contributed by atoms with Gasteiger partial charge in [-0.15, -0.1) is 0 Å². The lowest BCUT2D eigenvalue weighted by atomic mass is 10.7. The van der Waals surface area contributed by atoms with Gasteiger partial charge in [0.25, 0.3) is 0 Å². The maximum atomic E-state index is 5.26. The number of nitrogens with zero attached hydrogens (tertiary/aromatic N) is 1. The summed E-state index contributed by atoms with van der Waals surface area (Å²) in [6.45, 7) is 3.31. The lowest BCUT2D eigenvalue weighted by Gasteiger charge is -1.80. The maximum Gasteiger partial charge on any atom is 0.121 e. The summed E-state index contributed by atoms with van der Waals surface area (Å²) in [7, 11) is 0. The van der Waals surface area contributed by atoms with E-state index in [1.807, 2.05) is 0 Å². The van der Waals surface area contributed by atoms with Crippen molar-refractivity contribution in [2.45, 2.75) is 0 Å². The zero-order valence-corrected chi connectivity index (χ0v) is 6.15. The van der Waals surface area contributed by atoms with Crippen molar-refractivity contribution < 1.29 is 0 Å². The molecular weight excluding hydrogens is 159 g/mol. The van der Waals surface area contributed by atoms with E-state index in [4.69, 9.17) is 28.9 Å². The SMILES string of the molecule is C=C(Cl)/N=C\C=C(/N)Cl. The molecule has 0 rings (SSSR count). The largest absolute Gasteiger partial charge is 0.389 e. The van der Waals surface area contributed by atoms with Gasteiger partial charge in [-0.05, 0) is 6.08 Å². The monoisotopic (exact) mass is 164 g/mol. The van der Waals surface area contributed by atoms with E-state index in [9.17, 15) is 0 Å². The van der Waals surface area contributed by atoms with Crippen LogP contribution >= 0.6 is 23.2 Å². The lowest BCUT2D eigenvalue weighted by Crippen LogP contribution is -1.86. The van der Waals surface area contributed by atoms with Crippen molar-refractivity contribution in [1.29, 1.82) is 0 Å². The molecule has 0 aromatic heterocycles. The van der Waals surface area contributed by atoms with Crippen LogP contribution in [0.3, 0.4) is 0 Å². The second-order valence-electron chi connectivity index (χ2n) is 1.21. The van der Waals surface area contributed by atoms with Gasteiger partial charge in [0.05, 0.1) is 0 Å². The minimum absolute atomic E-state index is 0.164. The van der Waals surface area contributed by atoms with E-state index in [0.717, 1.165) is 0 Å². The summed E-state index contributed by atoms with van der Waals surface area (Å²) in [5.74, 6) is 0. The Labute approximate surface area is 63.7 Å². The number of hydrogen-bond acceptors (Lipinski definition) is 2. The van der Waals surface area contributed by atoms with Crippen molar-refractivity contribution >= 4 is 29.4 Å². The van der Waals surface area contributed by atoms with Crippen molar-refractivity contribution in [2.75, 3.05) is 0 Å². The zero-order chi connectivity index (χ0) is 7.28. The zero-order valence-electron chi connectivity index (χ0n) is 4.64. The van der Waals surface area contributed by atoms with Gasteiger partial charge in [0.15, 0.2) is 0 Å². The topological polar surface area (TPSA) is 38.4 Å². The standard InChI is InChI=1S/C5H6Cl2N2/c1-4(6)9-3-2-5(7)8/h2-3H,1,8H2/b5-2-,9-3-. The Kier molecular flexibility index (Phi) is 4.18. The molecule has 2 nitrogen and oxygen atoms in total. The van der Waals surface area contributed by atoms with Gasteiger partial charge in [-0.1, -0.05) is 29.8 Å². The van der Waals surface area contributed by atoms with Crippen molar-refractivity contribution in [1.82, 2.24) is 0 Å². The Bertz CT molecular complexity index is 156. The highest BCUT2D eigenvalue weighted by Gasteiger charge is 1.75. The first-order valence-corrected chi connectivity index (χ1v) is 2.88. The minimum atomic E-state index is 0.164. The molecule has 0 fully saturated rings. The third-order valence-electron chi connectivity index (χ3n) is 0.448. The molecule has 0 heterocycles. The fourth-order valence-corrected chi connectivity index (χ4v) is 0.302. The van der Waals surface area contributed by atoms with E-state index >= 15 is 0 Å². The molecule has 50 valence electrons. The van der Waals surface area contributed by atoms with Gasteiger partial charge in [0.1, 0.15) is 10.3 Å². The third kappa shape index (κ3) is 7.53. The van der Waals surface area contributed by atoms with E-state index in [0.29, 0.717) is 0 Å². The Morgan fingerprint density at radius 2 is 2.11 bits per heavy atom. The smallest absolute Gasteiger partial charge is 0.121 e. The molecule has 0 aromatic rings. The molecule has 2 N–H and O–H groups in total. The molecule has 9 heavy (non-hydrogen) atoms. The summed E-state index contributed by atoms with van der Waals surface area (Å²) in [4.78, 5) is 3.57. The van der Waals surface area contributed by atoms with E-state index < -0.39 is 0 Å². The molecule has 4 heteroatoms. The Morgan fingerprint density at radius 3 is 2.44 bits per heavy atom. The summed E-state index contributed by atoms with van der Waals surface area (Å²) in [5.41, 5.74) is 5.04. The van der Waals surface area contributed by atoms with Crippen LogP contribution < -0.4 is 5.73 Å². The van der Waals surface area contributed by atoms with E-state index in [2.05, 4.69) is 11.6 Å². The van der Waals surface area contributed by atoms with E-state index in [-0.39, 0.29) is 10.3 Å². The van der Waals surface area contributed by atoms with Gasteiger partial charge >= 0.3 is 0 Å². The van der Waals surface area contributed by atoms with Crippen LogP contribution in [-0.2, 0) is 0 Å². The highest BCUT2D eigenvalue weighted by Crippen LogP contribution is 1.96. The quantitative estimate of drug-likeness (QED) is 0.491. The minimum Gasteiger partial charge on any atom is -0.389 e.